The van der Waals surface area contributed by atoms with Crippen LogP contribution in [0.25, 0.3) is 0 Å². The Bertz CT molecular complexity index is 611. The Hall–Kier alpha value is -1.96. The quantitative estimate of drug-likeness (QED) is 0.860. The van der Waals surface area contributed by atoms with E-state index in [2.05, 4.69) is 69.4 Å². The van der Waals surface area contributed by atoms with Gasteiger partial charge in [0.2, 0.25) is 0 Å². The van der Waals surface area contributed by atoms with Gasteiger partial charge < -0.3 is 10.1 Å². The lowest BCUT2D eigenvalue weighted by molar-refractivity contribution is 0.416. The highest BCUT2D eigenvalue weighted by Crippen LogP contribution is 2.31. The molecule has 2 aromatic carbocycles. The van der Waals surface area contributed by atoms with Crippen LogP contribution in [0.15, 0.2) is 42.5 Å². The molecule has 0 saturated heterocycles. The lowest BCUT2D eigenvalue weighted by atomic mass is 9.87. The number of hydrogen-bond acceptors (Lipinski definition) is 2. The van der Waals surface area contributed by atoms with Crippen LogP contribution >= 0.6 is 0 Å². The van der Waals surface area contributed by atoms with E-state index in [1.807, 2.05) is 6.07 Å². The summed E-state index contributed by atoms with van der Waals surface area (Å²) in [6, 6.07) is 14.8. The Morgan fingerprint density at radius 3 is 2.38 bits per heavy atom. The molecule has 2 aromatic rings. The average molecular weight is 283 g/mol. The topological polar surface area (TPSA) is 21.3 Å². The van der Waals surface area contributed by atoms with Gasteiger partial charge in [0.25, 0.3) is 0 Å². The maximum atomic E-state index is 5.47. The van der Waals surface area contributed by atoms with Gasteiger partial charge in [-0.3, -0.25) is 0 Å². The zero-order valence-corrected chi connectivity index (χ0v) is 13.7. The number of methoxy groups -OCH3 is 1. The van der Waals surface area contributed by atoms with Crippen molar-refractivity contribution in [3.63, 3.8) is 0 Å². The van der Waals surface area contributed by atoms with Gasteiger partial charge in [-0.1, -0.05) is 51.1 Å². The Kier molecular flexibility index (Phi) is 4.56. The molecule has 0 unspecified atom stereocenters. The molecule has 0 bridgehead atoms. The second kappa shape index (κ2) is 6.21. The van der Waals surface area contributed by atoms with Gasteiger partial charge in [0, 0.05) is 6.54 Å². The maximum absolute atomic E-state index is 5.47. The highest BCUT2D eigenvalue weighted by atomic mass is 16.5. The predicted octanol–water partition coefficient (Wildman–Crippen LogP) is 4.91. The van der Waals surface area contributed by atoms with Crippen molar-refractivity contribution in [2.45, 2.75) is 39.7 Å². The van der Waals surface area contributed by atoms with E-state index in [1.165, 1.54) is 16.7 Å². The highest BCUT2D eigenvalue weighted by molar-refractivity contribution is 5.59. The summed E-state index contributed by atoms with van der Waals surface area (Å²) in [5, 5.41) is 3.51. The van der Waals surface area contributed by atoms with Crippen molar-refractivity contribution in [2.24, 2.45) is 0 Å². The van der Waals surface area contributed by atoms with Crippen molar-refractivity contribution >= 4 is 5.69 Å². The molecule has 0 aromatic heterocycles. The van der Waals surface area contributed by atoms with E-state index < -0.39 is 0 Å². The number of ether oxygens (including phenoxy) is 1. The largest absolute Gasteiger partial charge is 0.495 e. The third-order valence-electron chi connectivity index (χ3n) is 3.80. The molecule has 2 rings (SSSR count). The summed E-state index contributed by atoms with van der Waals surface area (Å²) in [5.74, 6) is 0.886. The second-order valence-corrected chi connectivity index (χ2v) is 6.45. The lowest BCUT2D eigenvalue weighted by Crippen LogP contribution is -2.12. The Morgan fingerprint density at radius 1 is 1.05 bits per heavy atom. The van der Waals surface area contributed by atoms with Crippen LogP contribution in [-0.4, -0.2) is 7.11 Å². The minimum Gasteiger partial charge on any atom is -0.495 e. The first-order valence-corrected chi connectivity index (χ1v) is 7.38. The third-order valence-corrected chi connectivity index (χ3v) is 3.80. The molecular weight excluding hydrogens is 258 g/mol. The fraction of sp³-hybridized carbons (Fsp3) is 0.368. The van der Waals surface area contributed by atoms with E-state index in [0.717, 1.165) is 18.0 Å². The molecule has 0 aliphatic carbocycles. The second-order valence-electron chi connectivity index (χ2n) is 6.45. The van der Waals surface area contributed by atoms with Crippen LogP contribution in [0.4, 0.5) is 5.69 Å². The summed E-state index contributed by atoms with van der Waals surface area (Å²) in [7, 11) is 1.71. The van der Waals surface area contributed by atoms with Gasteiger partial charge in [-0.15, -0.1) is 0 Å². The molecular formula is C19H25NO. The van der Waals surface area contributed by atoms with E-state index in [9.17, 15) is 0 Å². The highest BCUT2D eigenvalue weighted by Gasteiger charge is 2.15. The molecule has 2 nitrogen and oxygen atoms in total. The normalized spacial score (nSPS) is 11.3. The fourth-order valence-corrected chi connectivity index (χ4v) is 2.31. The third kappa shape index (κ3) is 3.78. The SMILES string of the molecule is COc1ccc(C(C)(C)C)cc1NCc1ccccc1C. The van der Waals surface area contributed by atoms with Crippen LogP contribution in [0, 0.1) is 6.92 Å². The van der Waals surface area contributed by atoms with Crippen molar-refractivity contribution in [3.05, 3.63) is 59.2 Å². The Balaban J connectivity index is 2.24. The van der Waals surface area contributed by atoms with E-state index in [0.29, 0.717) is 0 Å². The smallest absolute Gasteiger partial charge is 0.141 e. The number of rotatable bonds is 4. The van der Waals surface area contributed by atoms with Crippen molar-refractivity contribution in [1.29, 1.82) is 0 Å². The van der Waals surface area contributed by atoms with Gasteiger partial charge in [-0.2, -0.15) is 0 Å². The molecule has 2 heteroatoms. The Morgan fingerprint density at radius 2 is 1.76 bits per heavy atom. The van der Waals surface area contributed by atoms with E-state index in [1.54, 1.807) is 7.11 Å². The van der Waals surface area contributed by atoms with Gasteiger partial charge in [0.15, 0.2) is 0 Å². The average Bonchev–Trinajstić information content (AvgIpc) is 2.45. The van der Waals surface area contributed by atoms with E-state index >= 15 is 0 Å². The van der Waals surface area contributed by atoms with Crippen LogP contribution in [-0.2, 0) is 12.0 Å². The predicted molar refractivity (Wildman–Crippen MR) is 90.2 cm³/mol. The molecule has 0 radical (unpaired) electrons. The molecule has 21 heavy (non-hydrogen) atoms. The number of aryl methyl sites for hydroxylation is 1. The summed E-state index contributed by atoms with van der Waals surface area (Å²) >= 11 is 0. The molecule has 112 valence electrons. The van der Waals surface area contributed by atoms with Crippen LogP contribution in [0.5, 0.6) is 5.75 Å². The number of nitrogens with one attached hydrogen (secondary N) is 1. The molecule has 0 aliphatic heterocycles. The van der Waals surface area contributed by atoms with Gasteiger partial charge in [-0.25, -0.2) is 0 Å². The molecule has 0 spiro atoms. The van der Waals surface area contributed by atoms with Crippen molar-refractivity contribution in [2.75, 3.05) is 12.4 Å². The zero-order chi connectivity index (χ0) is 15.5. The monoisotopic (exact) mass is 283 g/mol. The summed E-state index contributed by atoms with van der Waals surface area (Å²) < 4.78 is 5.47. The van der Waals surface area contributed by atoms with Gasteiger partial charge >= 0.3 is 0 Å². The summed E-state index contributed by atoms with van der Waals surface area (Å²) in [6.45, 7) is 9.61. The molecule has 1 N–H and O–H groups in total. The summed E-state index contributed by atoms with van der Waals surface area (Å²) in [5.41, 5.74) is 5.09. The number of benzene rings is 2. The standard InChI is InChI=1S/C19H25NO/c1-14-8-6-7-9-15(14)13-20-17-12-16(19(2,3)4)10-11-18(17)21-5/h6-12,20H,13H2,1-5H3. The summed E-state index contributed by atoms with van der Waals surface area (Å²) in [6.07, 6.45) is 0. The molecule has 0 saturated carbocycles. The van der Waals surface area contributed by atoms with Gasteiger partial charge in [-0.05, 0) is 41.2 Å². The van der Waals surface area contributed by atoms with Crippen LogP contribution in [0.2, 0.25) is 0 Å². The van der Waals surface area contributed by atoms with Gasteiger partial charge in [0.05, 0.1) is 12.8 Å². The maximum Gasteiger partial charge on any atom is 0.141 e. The molecule has 0 atom stereocenters. The first-order valence-electron chi connectivity index (χ1n) is 7.38. The van der Waals surface area contributed by atoms with Crippen LogP contribution < -0.4 is 10.1 Å². The minimum atomic E-state index is 0.130. The van der Waals surface area contributed by atoms with Crippen LogP contribution in [0.1, 0.15) is 37.5 Å². The number of hydrogen-bond donors (Lipinski definition) is 1. The molecule has 0 fully saturated rings. The molecule has 0 amide bonds. The summed E-state index contributed by atoms with van der Waals surface area (Å²) in [4.78, 5) is 0. The van der Waals surface area contributed by atoms with E-state index in [4.69, 9.17) is 4.74 Å². The first kappa shape index (κ1) is 15.4. The Labute approximate surface area is 128 Å². The minimum absolute atomic E-state index is 0.130. The first-order chi connectivity index (χ1) is 9.91. The zero-order valence-electron chi connectivity index (χ0n) is 13.7. The lowest BCUT2D eigenvalue weighted by Gasteiger charge is -2.21. The van der Waals surface area contributed by atoms with Crippen molar-refractivity contribution in [3.8, 4) is 5.75 Å². The van der Waals surface area contributed by atoms with Crippen molar-refractivity contribution in [1.82, 2.24) is 0 Å². The fourth-order valence-electron chi connectivity index (χ4n) is 2.31. The van der Waals surface area contributed by atoms with Crippen molar-refractivity contribution < 1.29 is 4.74 Å². The van der Waals surface area contributed by atoms with Gasteiger partial charge in [0.1, 0.15) is 5.75 Å². The van der Waals surface area contributed by atoms with E-state index in [-0.39, 0.29) is 5.41 Å². The van der Waals surface area contributed by atoms with Crippen LogP contribution in [0.3, 0.4) is 0 Å². The molecule has 0 aliphatic rings. The number of anilines is 1. The molecule has 0 heterocycles.